The van der Waals surface area contributed by atoms with Gasteiger partial charge in [0.05, 0.1) is 0 Å². The smallest absolute Gasteiger partial charge is 0.159 e. The van der Waals surface area contributed by atoms with Gasteiger partial charge in [-0.3, -0.25) is 0 Å². The van der Waals surface area contributed by atoms with Gasteiger partial charge >= 0.3 is 0 Å². The lowest BCUT2D eigenvalue weighted by Gasteiger charge is -2.15. The molecule has 0 aliphatic heterocycles. The molecule has 0 amide bonds. The van der Waals surface area contributed by atoms with Gasteiger partial charge in [-0.15, -0.1) is 0 Å². The molecule has 0 aliphatic carbocycles. The first-order chi connectivity index (χ1) is 20.8. The highest BCUT2D eigenvalue weighted by molar-refractivity contribution is 6.26. The summed E-state index contributed by atoms with van der Waals surface area (Å²) in [6.07, 6.45) is 3.94. The lowest BCUT2D eigenvalue weighted by atomic mass is 9.89. The number of benzene rings is 8. The number of fused-ring (bicyclic) bond motifs is 1. The molecule has 10 rings (SSSR count). The van der Waals surface area contributed by atoms with Crippen LogP contribution < -0.4 is 0 Å². The normalized spacial score (nSPS) is 12.3. The first-order valence-corrected chi connectivity index (χ1v) is 14.4. The molecule has 0 saturated heterocycles. The maximum atomic E-state index is 4.82. The average molecular weight is 531 g/mol. The summed E-state index contributed by atoms with van der Waals surface area (Å²) in [4.78, 5) is 9.64. The number of hydrogen-bond acceptors (Lipinski definition) is 2. The molecule has 0 bridgehead atoms. The lowest BCUT2D eigenvalue weighted by molar-refractivity contribution is 1.29. The standard InChI is InChI=1S/C40H22N2/c1-3-23-7-9-27-11-15-32(34-17-13-25(5-1)36(23)38(27)34)30-19-29-20-31(22-42-40(29)41-21-30)33-16-12-28-10-8-24-4-2-6-26-14-18-35(33)39(28)37(24)26/h1-22H. The van der Waals surface area contributed by atoms with E-state index in [1.807, 2.05) is 12.4 Å². The summed E-state index contributed by atoms with van der Waals surface area (Å²) < 4.78 is 0. The Morgan fingerprint density at radius 1 is 0.333 bits per heavy atom. The van der Waals surface area contributed by atoms with Crippen molar-refractivity contribution >= 4 is 75.7 Å². The summed E-state index contributed by atoms with van der Waals surface area (Å²) in [6.45, 7) is 0. The maximum absolute atomic E-state index is 4.82. The Hall–Kier alpha value is -5.60. The van der Waals surface area contributed by atoms with E-state index >= 15 is 0 Å². The van der Waals surface area contributed by atoms with E-state index in [-0.39, 0.29) is 0 Å². The van der Waals surface area contributed by atoms with Gasteiger partial charge in [-0.1, -0.05) is 109 Å². The van der Waals surface area contributed by atoms with Gasteiger partial charge in [0.15, 0.2) is 5.65 Å². The molecular weight excluding hydrogens is 508 g/mol. The number of hydrogen-bond donors (Lipinski definition) is 0. The fraction of sp³-hybridized carbons (Fsp3) is 0. The molecule has 0 unspecified atom stereocenters. The molecule has 0 radical (unpaired) electrons. The second-order valence-corrected chi connectivity index (χ2v) is 11.4. The van der Waals surface area contributed by atoms with Crippen LogP contribution in [0.1, 0.15) is 0 Å². The van der Waals surface area contributed by atoms with Crippen molar-refractivity contribution in [3.05, 3.63) is 134 Å². The highest BCUT2D eigenvalue weighted by atomic mass is 14.8. The van der Waals surface area contributed by atoms with E-state index in [0.29, 0.717) is 0 Å². The summed E-state index contributed by atoms with van der Waals surface area (Å²) in [6, 6.07) is 44.5. The second kappa shape index (κ2) is 7.99. The van der Waals surface area contributed by atoms with E-state index < -0.39 is 0 Å². The third-order valence-corrected chi connectivity index (χ3v) is 9.21. The van der Waals surface area contributed by atoms with E-state index in [1.54, 1.807) is 0 Å². The summed E-state index contributed by atoms with van der Waals surface area (Å²) in [7, 11) is 0. The van der Waals surface area contributed by atoms with Crippen LogP contribution >= 0.6 is 0 Å². The highest BCUT2D eigenvalue weighted by Crippen LogP contribution is 2.41. The molecule has 2 heterocycles. The van der Waals surface area contributed by atoms with Gasteiger partial charge in [0.2, 0.25) is 0 Å². The molecule has 8 aromatic carbocycles. The Bertz CT molecular complexity index is 2470. The lowest BCUT2D eigenvalue weighted by Crippen LogP contribution is -1.91. The van der Waals surface area contributed by atoms with Crippen molar-refractivity contribution in [1.82, 2.24) is 9.97 Å². The first-order valence-electron chi connectivity index (χ1n) is 14.4. The molecule has 0 aliphatic rings. The fourth-order valence-corrected chi connectivity index (χ4v) is 7.29. The van der Waals surface area contributed by atoms with Gasteiger partial charge in [-0.2, -0.15) is 0 Å². The van der Waals surface area contributed by atoms with Crippen LogP contribution in [0.25, 0.3) is 97.9 Å². The topological polar surface area (TPSA) is 25.8 Å². The van der Waals surface area contributed by atoms with Gasteiger partial charge in [0.1, 0.15) is 0 Å². The highest BCUT2D eigenvalue weighted by Gasteiger charge is 2.15. The van der Waals surface area contributed by atoms with Crippen LogP contribution in [0.5, 0.6) is 0 Å². The van der Waals surface area contributed by atoms with Gasteiger partial charge in [-0.25, -0.2) is 9.97 Å². The zero-order chi connectivity index (χ0) is 27.4. The van der Waals surface area contributed by atoms with E-state index in [9.17, 15) is 0 Å². The molecule has 0 saturated carbocycles. The molecule has 2 nitrogen and oxygen atoms in total. The minimum Gasteiger partial charge on any atom is -0.236 e. The third-order valence-electron chi connectivity index (χ3n) is 9.21. The molecular formula is C40H22N2. The predicted octanol–water partition coefficient (Wildman–Crippen LogP) is 10.8. The van der Waals surface area contributed by atoms with Crippen LogP contribution in [0.4, 0.5) is 0 Å². The van der Waals surface area contributed by atoms with Crippen molar-refractivity contribution in [2.75, 3.05) is 0 Å². The zero-order valence-electron chi connectivity index (χ0n) is 22.6. The number of rotatable bonds is 2. The number of nitrogens with zero attached hydrogens (tertiary/aromatic N) is 2. The Kier molecular flexibility index (Phi) is 4.21. The van der Waals surface area contributed by atoms with Crippen molar-refractivity contribution in [1.29, 1.82) is 0 Å². The Labute approximate surface area is 241 Å². The van der Waals surface area contributed by atoms with Crippen molar-refractivity contribution in [3.63, 3.8) is 0 Å². The summed E-state index contributed by atoms with van der Waals surface area (Å²) in [5.41, 5.74) is 5.37. The SMILES string of the molecule is c1cc2ccc3ccc(-c4cnc5ncc(-c6ccc7ccc8cccc9ccc6c7c89)cc5c4)c4ccc(c1)c2c34. The Balaban J connectivity index is 1.19. The van der Waals surface area contributed by atoms with E-state index in [0.717, 1.165) is 22.2 Å². The Morgan fingerprint density at radius 3 is 1.17 bits per heavy atom. The molecule has 2 heteroatoms. The zero-order valence-corrected chi connectivity index (χ0v) is 22.6. The largest absolute Gasteiger partial charge is 0.236 e. The van der Waals surface area contributed by atoms with Crippen LogP contribution in [0.15, 0.2) is 134 Å². The molecule has 2 aromatic heterocycles. The maximum Gasteiger partial charge on any atom is 0.159 e. The number of pyridine rings is 2. The van der Waals surface area contributed by atoms with Gasteiger partial charge in [-0.05, 0) is 87.9 Å². The molecule has 192 valence electrons. The van der Waals surface area contributed by atoms with Crippen LogP contribution in [-0.4, -0.2) is 9.97 Å². The fourth-order valence-electron chi connectivity index (χ4n) is 7.29. The molecule has 0 N–H and O–H groups in total. The van der Waals surface area contributed by atoms with E-state index in [1.165, 1.54) is 75.8 Å². The third kappa shape index (κ3) is 2.93. The van der Waals surface area contributed by atoms with Gasteiger partial charge < -0.3 is 0 Å². The van der Waals surface area contributed by atoms with E-state index in [2.05, 4.69) is 121 Å². The van der Waals surface area contributed by atoms with Crippen LogP contribution in [0.3, 0.4) is 0 Å². The molecule has 0 fully saturated rings. The molecule has 0 spiro atoms. The van der Waals surface area contributed by atoms with Crippen molar-refractivity contribution in [3.8, 4) is 22.3 Å². The molecule has 42 heavy (non-hydrogen) atoms. The number of aromatic nitrogens is 2. The van der Waals surface area contributed by atoms with Crippen molar-refractivity contribution in [2.45, 2.75) is 0 Å². The summed E-state index contributed by atoms with van der Waals surface area (Å²) in [5, 5.41) is 16.5. The first kappa shape index (κ1) is 22.1. The van der Waals surface area contributed by atoms with Gasteiger partial charge in [0, 0.05) is 28.9 Å². The quantitative estimate of drug-likeness (QED) is 0.208. The summed E-state index contributed by atoms with van der Waals surface area (Å²) >= 11 is 0. The van der Waals surface area contributed by atoms with Crippen molar-refractivity contribution < 1.29 is 0 Å². The molecule has 10 aromatic rings. The van der Waals surface area contributed by atoms with E-state index in [4.69, 9.17) is 9.97 Å². The van der Waals surface area contributed by atoms with Crippen LogP contribution in [-0.2, 0) is 0 Å². The summed E-state index contributed by atoms with van der Waals surface area (Å²) in [5.74, 6) is 0. The monoisotopic (exact) mass is 530 g/mol. The Morgan fingerprint density at radius 2 is 0.714 bits per heavy atom. The van der Waals surface area contributed by atoms with Crippen LogP contribution in [0, 0.1) is 0 Å². The average Bonchev–Trinajstić information content (AvgIpc) is 3.05. The molecule has 0 atom stereocenters. The minimum atomic E-state index is 0.762. The predicted molar refractivity (Wildman–Crippen MR) is 178 cm³/mol. The van der Waals surface area contributed by atoms with Crippen LogP contribution in [0.2, 0.25) is 0 Å². The van der Waals surface area contributed by atoms with Gasteiger partial charge in [0.25, 0.3) is 0 Å². The van der Waals surface area contributed by atoms with Crippen molar-refractivity contribution in [2.24, 2.45) is 0 Å². The minimum absolute atomic E-state index is 0.762. The second-order valence-electron chi connectivity index (χ2n) is 11.4.